The molecule has 0 atom stereocenters. The molecule has 0 saturated carbocycles. The van der Waals surface area contributed by atoms with E-state index in [-0.39, 0.29) is 0 Å². The minimum absolute atomic E-state index is 0.706. The molecule has 1 aromatic heterocycles. The quantitative estimate of drug-likeness (QED) is 0.528. The molecule has 0 radical (unpaired) electrons. The van der Waals surface area contributed by atoms with Gasteiger partial charge < -0.3 is 4.74 Å². The largest absolute Gasteiger partial charge is 0.497 e. The van der Waals surface area contributed by atoms with E-state index in [1.54, 1.807) is 13.3 Å². The Morgan fingerprint density at radius 3 is 2.83 bits per heavy atom. The fraction of sp³-hybridized carbons (Fsp3) is 0.0588. The van der Waals surface area contributed by atoms with Crippen LogP contribution in [0.3, 0.4) is 0 Å². The lowest BCUT2D eigenvalue weighted by Gasteiger charge is -2.01. The summed E-state index contributed by atoms with van der Waals surface area (Å²) in [6.45, 7) is 0. The minimum Gasteiger partial charge on any atom is -0.497 e. The summed E-state index contributed by atoms with van der Waals surface area (Å²) in [6, 6.07) is 15.3. The number of hydrogen-bond donors (Lipinski definition) is 1. The van der Waals surface area contributed by atoms with Gasteiger partial charge >= 0.3 is 0 Å². The molecule has 6 heteroatoms. The van der Waals surface area contributed by atoms with E-state index in [2.05, 4.69) is 15.5 Å². The maximum Gasteiger partial charge on any atom is 0.203 e. The Morgan fingerprint density at radius 2 is 2.04 bits per heavy atom. The lowest BCUT2D eigenvalue weighted by atomic mass is 10.2. The number of ether oxygens (including phenoxy) is 1. The van der Waals surface area contributed by atoms with Crippen LogP contribution in [0.2, 0.25) is 5.02 Å². The van der Waals surface area contributed by atoms with Crippen LogP contribution in [0, 0.1) is 0 Å². The molecule has 0 fully saturated rings. The molecule has 23 heavy (non-hydrogen) atoms. The van der Waals surface area contributed by atoms with Gasteiger partial charge in [0.2, 0.25) is 5.13 Å². The number of benzene rings is 2. The van der Waals surface area contributed by atoms with E-state index in [1.165, 1.54) is 11.3 Å². The Hall–Kier alpha value is -2.37. The van der Waals surface area contributed by atoms with E-state index in [0.29, 0.717) is 5.02 Å². The van der Waals surface area contributed by atoms with Crippen molar-refractivity contribution in [3.63, 3.8) is 0 Å². The van der Waals surface area contributed by atoms with Crippen molar-refractivity contribution in [2.75, 3.05) is 12.5 Å². The van der Waals surface area contributed by atoms with Crippen molar-refractivity contribution >= 4 is 34.3 Å². The fourth-order valence-electron chi connectivity index (χ4n) is 1.95. The average Bonchev–Trinajstić information content (AvgIpc) is 3.06. The highest BCUT2D eigenvalue weighted by atomic mass is 35.5. The fourth-order valence-corrected chi connectivity index (χ4v) is 2.75. The van der Waals surface area contributed by atoms with Gasteiger partial charge in [0.15, 0.2) is 0 Å². The first-order valence-corrected chi connectivity index (χ1v) is 8.15. The molecule has 4 nitrogen and oxygen atoms in total. The average molecular weight is 344 g/mol. The summed E-state index contributed by atoms with van der Waals surface area (Å²) in [4.78, 5) is 4.52. The summed E-state index contributed by atoms with van der Waals surface area (Å²) in [7, 11) is 1.65. The molecule has 0 spiro atoms. The number of hydrazone groups is 1. The lowest BCUT2D eigenvalue weighted by molar-refractivity contribution is 0.415. The number of rotatable bonds is 5. The molecule has 0 bridgehead atoms. The minimum atomic E-state index is 0.706. The highest BCUT2D eigenvalue weighted by molar-refractivity contribution is 7.14. The Labute approximate surface area is 143 Å². The van der Waals surface area contributed by atoms with Crippen molar-refractivity contribution in [2.24, 2.45) is 5.10 Å². The normalized spacial score (nSPS) is 10.9. The number of nitrogens with zero attached hydrogens (tertiary/aromatic N) is 2. The van der Waals surface area contributed by atoms with Gasteiger partial charge in [-0.05, 0) is 29.8 Å². The summed E-state index contributed by atoms with van der Waals surface area (Å²) in [5, 5.41) is 7.60. The second-order valence-corrected chi connectivity index (χ2v) is 5.99. The van der Waals surface area contributed by atoms with Crippen LogP contribution in [0.25, 0.3) is 11.3 Å². The third-order valence-corrected chi connectivity index (χ3v) is 4.11. The predicted molar refractivity (Wildman–Crippen MR) is 96.8 cm³/mol. The summed E-state index contributed by atoms with van der Waals surface area (Å²) >= 11 is 7.34. The first kappa shape index (κ1) is 15.5. The van der Waals surface area contributed by atoms with Crippen molar-refractivity contribution < 1.29 is 4.74 Å². The Bertz CT molecular complexity index is 815. The first-order chi connectivity index (χ1) is 11.2. The van der Waals surface area contributed by atoms with Crippen molar-refractivity contribution in [1.29, 1.82) is 0 Å². The molecule has 2 aromatic carbocycles. The van der Waals surface area contributed by atoms with E-state index >= 15 is 0 Å². The maximum absolute atomic E-state index is 5.85. The SMILES string of the molecule is COc1cccc(-c2csc(N/N=C\c3ccc(Cl)cc3)n2)c1. The molecule has 1 N–H and O–H groups in total. The highest BCUT2D eigenvalue weighted by Gasteiger charge is 2.04. The smallest absolute Gasteiger partial charge is 0.203 e. The van der Waals surface area contributed by atoms with Crippen LogP contribution in [0.15, 0.2) is 59.0 Å². The number of methoxy groups -OCH3 is 1. The van der Waals surface area contributed by atoms with Crippen molar-refractivity contribution in [2.45, 2.75) is 0 Å². The second kappa shape index (κ2) is 7.26. The van der Waals surface area contributed by atoms with Crippen LogP contribution in [0.1, 0.15) is 5.56 Å². The van der Waals surface area contributed by atoms with Crippen LogP contribution in [0.4, 0.5) is 5.13 Å². The molecule has 3 rings (SSSR count). The van der Waals surface area contributed by atoms with Gasteiger partial charge in [-0.25, -0.2) is 4.98 Å². The second-order valence-electron chi connectivity index (χ2n) is 4.69. The van der Waals surface area contributed by atoms with Gasteiger partial charge in [0.25, 0.3) is 0 Å². The zero-order chi connectivity index (χ0) is 16.1. The van der Waals surface area contributed by atoms with Gasteiger partial charge in [0.1, 0.15) is 5.75 Å². The number of aromatic nitrogens is 1. The highest BCUT2D eigenvalue weighted by Crippen LogP contribution is 2.27. The molecule has 0 aliphatic carbocycles. The molecule has 0 aliphatic heterocycles. The number of thiazole rings is 1. The van der Waals surface area contributed by atoms with Gasteiger partial charge in [-0.15, -0.1) is 11.3 Å². The molecule has 1 heterocycles. The Kier molecular flexibility index (Phi) is 4.90. The molecule has 0 aliphatic rings. The van der Waals surface area contributed by atoms with Gasteiger partial charge in [-0.3, -0.25) is 5.43 Å². The topological polar surface area (TPSA) is 46.5 Å². The number of nitrogens with one attached hydrogen (secondary N) is 1. The lowest BCUT2D eigenvalue weighted by Crippen LogP contribution is -1.90. The Morgan fingerprint density at radius 1 is 1.22 bits per heavy atom. The number of anilines is 1. The van der Waals surface area contributed by atoms with Crippen LogP contribution in [-0.4, -0.2) is 18.3 Å². The maximum atomic E-state index is 5.85. The van der Waals surface area contributed by atoms with E-state index < -0.39 is 0 Å². The molecular formula is C17H14ClN3OS. The van der Waals surface area contributed by atoms with E-state index in [1.807, 2.05) is 53.9 Å². The first-order valence-electron chi connectivity index (χ1n) is 6.89. The zero-order valence-electron chi connectivity index (χ0n) is 12.4. The van der Waals surface area contributed by atoms with Gasteiger partial charge in [0, 0.05) is 16.0 Å². The third kappa shape index (κ3) is 4.09. The van der Waals surface area contributed by atoms with Crippen LogP contribution in [0.5, 0.6) is 5.75 Å². The van der Waals surface area contributed by atoms with Gasteiger partial charge in [0.05, 0.1) is 19.0 Å². The van der Waals surface area contributed by atoms with E-state index in [0.717, 1.165) is 27.7 Å². The molecular weight excluding hydrogens is 330 g/mol. The summed E-state index contributed by atoms with van der Waals surface area (Å²) in [5.74, 6) is 0.811. The summed E-state index contributed by atoms with van der Waals surface area (Å²) in [6.07, 6.45) is 1.73. The molecule has 0 saturated heterocycles. The number of halogens is 1. The van der Waals surface area contributed by atoms with Crippen molar-refractivity contribution in [1.82, 2.24) is 4.98 Å². The summed E-state index contributed by atoms with van der Waals surface area (Å²) < 4.78 is 5.23. The summed E-state index contributed by atoms with van der Waals surface area (Å²) in [5.41, 5.74) is 5.80. The molecule has 3 aromatic rings. The van der Waals surface area contributed by atoms with Crippen LogP contribution >= 0.6 is 22.9 Å². The molecule has 116 valence electrons. The van der Waals surface area contributed by atoms with Crippen LogP contribution in [-0.2, 0) is 0 Å². The van der Waals surface area contributed by atoms with Gasteiger partial charge in [-0.1, -0.05) is 35.9 Å². The third-order valence-electron chi connectivity index (χ3n) is 3.11. The van der Waals surface area contributed by atoms with E-state index in [9.17, 15) is 0 Å². The zero-order valence-corrected chi connectivity index (χ0v) is 13.9. The molecule has 0 amide bonds. The standard InChI is InChI=1S/C17H14ClN3OS/c1-22-15-4-2-3-13(9-15)16-11-23-17(20-16)21-19-10-12-5-7-14(18)8-6-12/h2-11H,1H3,(H,20,21)/b19-10-. The van der Waals surface area contributed by atoms with E-state index in [4.69, 9.17) is 16.3 Å². The monoisotopic (exact) mass is 343 g/mol. The number of hydrogen-bond acceptors (Lipinski definition) is 5. The van der Waals surface area contributed by atoms with Crippen molar-refractivity contribution in [3.05, 3.63) is 64.5 Å². The predicted octanol–water partition coefficient (Wildman–Crippen LogP) is 4.92. The van der Waals surface area contributed by atoms with Crippen molar-refractivity contribution in [3.8, 4) is 17.0 Å². The van der Waals surface area contributed by atoms with Crippen LogP contribution < -0.4 is 10.2 Å². The van der Waals surface area contributed by atoms with Gasteiger partial charge in [-0.2, -0.15) is 5.10 Å². The Balaban J connectivity index is 1.68. The molecule has 0 unspecified atom stereocenters.